The number of anilines is 1. The lowest BCUT2D eigenvalue weighted by atomic mass is 9.91. The summed E-state index contributed by atoms with van der Waals surface area (Å²) in [6.45, 7) is 1.43. The molecule has 21 heavy (non-hydrogen) atoms. The number of halogens is 3. The van der Waals surface area contributed by atoms with Gasteiger partial charge in [-0.05, 0) is 49.4 Å². The second kappa shape index (κ2) is 6.15. The predicted octanol–water partition coefficient (Wildman–Crippen LogP) is 4.76. The topological polar surface area (TPSA) is 49.3 Å². The zero-order valence-corrected chi connectivity index (χ0v) is 14.2. The predicted molar refractivity (Wildman–Crippen MR) is 86.9 cm³/mol. The Kier molecular flexibility index (Phi) is 4.68. The fourth-order valence-corrected chi connectivity index (χ4v) is 2.56. The maximum atomic E-state index is 14.1. The van der Waals surface area contributed by atoms with E-state index < -0.39 is 17.3 Å². The first-order valence-electron chi connectivity index (χ1n) is 6.05. The third kappa shape index (κ3) is 3.44. The summed E-state index contributed by atoms with van der Waals surface area (Å²) in [6.07, 6.45) is 0. The van der Waals surface area contributed by atoms with Gasteiger partial charge in [0.05, 0.1) is 0 Å². The zero-order valence-electron chi connectivity index (χ0n) is 11.0. The number of nitrogens with one attached hydrogen (secondary N) is 1. The lowest BCUT2D eigenvalue weighted by Gasteiger charge is -2.28. The number of carboxylic acid groups (broad SMARTS) is 1. The average Bonchev–Trinajstić information content (AvgIpc) is 2.43. The van der Waals surface area contributed by atoms with Crippen LogP contribution in [0, 0.1) is 5.82 Å². The van der Waals surface area contributed by atoms with Crippen molar-refractivity contribution in [2.75, 3.05) is 5.32 Å². The fraction of sp³-hybridized carbons (Fsp3) is 0.133. The van der Waals surface area contributed by atoms with Crippen LogP contribution in [0.25, 0.3) is 0 Å². The zero-order chi connectivity index (χ0) is 15.6. The number of benzene rings is 2. The highest BCUT2D eigenvalue weighted by atomic mass is 79.9. The minimum Gasteiger partial charge on any atom is -0.479 e. The molecule has 2 aromatic carbocycles. The second-order valence-corrected chi connectivity index (χ2v) is 6.52. The molecule has 2 aromatic rings. The monoisotopic (exact) mass is 415 g/mol. The standard InChI is InChI=1S/C15H12Br2FNO2/c1-15(14(20)21,12-8-10(17)4-7-13(12)18)19-11-5-2-9(16)3-6-11/h2-8,19H,1H3,(H,20,21). The van der Waals surface area contributed by atoms with Gasteiger partial charge in [0, 0.05) is 20.2 Å². The van der Waals surface area contributed by atoms with Crippen LogP contribution in [-0.4, -0.2) is 11.1 Å². The van der Waals surface area contributed by atoms with Gasteiger partial charge in [0.2, 0.25) is 0 Å². The first-order valence-corrected chi connectivity index (χ1v) is 7.64. The van der Waals surface area contributed by atoms with Gasteiger partial charge in [-0.2, -0.15) is 0 Å². The Hall–Kier alpha value is -1.40. The van der Waals surface area contributed by atoms with Gasteiger partial charge in [-0.3, -0.25) is 0 Å². The van der Waals surface area contributed by atoms with E-state index in [-0.39, 0.29) is 5.56 Å². The molecular weight excluding hydrogens is 405 g/mol. The molecule has 2 rings (SSSR count). The van der Waals surface area contributed by atoms with E-state index >= 15 is 0 Å². The Morgan fingerprint density at radius 2 is 1.71 bits per heavy atom. The molecule has 0 aromatic heterocycles. The first kappa shape index (κ1) is 16.0. The van der Waals surface area contributed by atoms with Crippen LogP contribution in [0.3, 0.4) is 0 Å². The van der Waals surface area contributed by atoms with Crippen LogP contribution >= 0.6 is 31.9 Å². The first-order chi connectivity index (χ1) is 9.83. The Bertz CT molecular complexity index is 676. The van der Waals surface area contributed by atoms with E-state index in [0.29, 0.717) is 10.2 Å². The van der Waals surface area contributed by atoms with Gasteiger partial charge >= 0.3 is 5.97 Å². The van der Waals surface area contributed by atoms with Gasteiger partial charge in [-0.15, -0.1) is 0 Å². The van der Waals surface area contributed by atoms with Crippen LogP contribution in [0.5, 0.6) is 0 Å². The minimum atomic E-state index is -1.58. The molecule has 0 aliphatic carbocycles. The van der Waals surface area contributed by atoms with Crippen molar-refractivity contribution in [2.24, 2.45) is 0 Å². The molecule has 0 saturated carbocycles. The fourth-order valence-electron chi connectivity index (χ4n) is 1.94. The molecule has 2 N–H and O–H groups in total. The van der Waals surface area contributed by atoms with Crippen molar-refractivity contribution >= 4 is 43.5 Å². The third-order valence-corrected chi connectivity index (χ3v) is 4.16. The lowest BCUT2D eigenvalue weighted by Crippen LogP contribution is -2.41. The van der Waals surface area contributed by atoms with Gasteiger partial charge in [0.1, 0.15) is 5.82 Å². The van der Waals surface area contributed by atoms with Crippen LogP contribution in [0.15, 0.2) is 51.4 Å². The maximum absolute atomic E-state index is 14.1. The molecule has 0 spiro atoms. The number of rotatable bonds is 4. The summed E-state index contributed by atoms with van der Waals surface area (Å²) in [4.78, 5) is 11.7. The molecule has 0 aliphatic rings. The molecule has 0 heterocycles. The number of carboxylic acids is 1. The van der Waals surface area contributed by atoms with Gasteiger partial charge in [-0.1, -0.05) is 31.9 Å². The van der Waals surface area contributed by atoms with E-state index in [2.05, 4.69) is 37.2 Å². The molecule has 0 aliphatic heterocycles. The summed E-state index contributed by atoms with van der Waals surface area (Å²) in [5.74, 6) is -1.74. The highest BCUT2D eigenvalue weighted by Gasteiger charge is 2.37. The molecule has 1 atom stereocenters. The van der Waals surface area contributed by atoms with E-state index in [9.17, 15) is 14.3 Å². The summed E-state index contributed by atoms with van der Waals surface area (Å²) in [5.41, 5.74) is -0.934. The Morgan fingerprint density at radius 1 is 1.14 bits per heavy atom. The van der Waals surface area contributed by atoms with Crippen LogP contribution in [-0.2, 0) is 10.3 Å². The van der Waals surface area contributed by atoms with Gasteiger partial charge < -0.3 is 10.4 Å². The maximum Gasteiger partial charge on any atom is 0.333 e. The van der Waals surface area contributed by atoms with Crippen molar-refractivity contribution in [3.8, 4) is 0 Å². The second-order valence-electron chi connectivity index (χ2n) is 4.69. The van der Waals surface area contributed by atoms with Crippen molar-refractivity contribution in [3.05, 3.63) is 62.8 Å². The number of hydrogen-bond acceptors (Lipinski definition) is 2. The largest absolute Gasteiger partial charge is 0.479 e. The number of carbonyl (C=O) groups is 1. The molecule has 0 saturated heterocycles. The van der Waals surface area contributed by atoms with E-state index in [1.807, 2.05) is 0 Å². The number of hydrogen-bond donors (Lipinski definition) is 2. The Morgan fingerprint density at radius 3 is 2.29 bits per heavy atom. The van der Waals surface area contributed by atoms with E-state index in [4.69, 9.17) is 0 Å². The van der Waals surface area contributed by atoms with Crippen molar-refractivity contribution in [1.29, 1.82) is 0 Å². The van der Waals surface area contributed by atoms with Crippen molar-refractivity contribution in [1.82, 2.24) is 0 Å². The molecule has 0 bridgehead atoms. The van der Waals surface area contributed by atoms with Gasteiger partial charge in [-0.25, -0.2) is 9.18 Å². The molecule has 0 fully saturated rings. The summed E-state index contributed by atoms with van der Waals surface area (Å²) in [6, 6.07) is 11.2. The molecule has 3 nitrogen and oxygen atoms in total. The molecule has 0 amide bonds. The SMILES string of the molecule is CC(Nc1ccc(Br)cc1)(C(=O)O)c1cc(Br)ccc1F. The van der Waals surface area contributed by atoms with Crippen molar-refractivity contribution in [2.45, 2.75) is 12.5 Å². The van der Waals surface area contributed by atoms with Crippen LogP contribution in [0.2, 0.25) is 0 Å². The highest BCUT2D eigenvalue weighted by molar-refractivity contribution is 9.10. The Labute approximate surface area is 138 Å². The molecular formula is C15H12Br2FNO2. The highest BCUT2D eigenvalue weighted by Crippen LogP contribution is 2.31. The molecule has 6 heteroatoms. The average molecular weight is 417 g/mol. The molecule has 110 valence electrons. The van der Waals surface area contributed by atoms with Crippen LogP contribution < -0.4 is 5.32 Å². The van der Waals surface area contributed by atoms with E-state index in [0.717, 1.165) is 4.47 Å². The third-order valence-electron chi connectivity index (χ3n) is 3.13. The van der Waals surface area contributed by atoms with E-state index in [1.165, 1.54) is 25.1 Å². The smallest absolute Gasteiger partial charge is 0.333 e. The van der Waals surface area contributed by atoms with E-state index in [1.54, 1.807) is 24.3 Å². The van der Waals surface area contributed by atoms with Crippen LogP contribution in [0.4, 0.5) is 10.1 Å². The summed E-state index contributed by atoms with van der Waals surface area (Å²) in [7, 11) is 0. The van der Waals surface area contributed by atoms with Crippen molar-refractivity contribution in [3.63, 3.8) is 0 Å². The quantitative estimate of drug-likeness (QED) is 0.755. The van der Waals surface area contributed by atoms with Gasteiger partial charge in [0.15, 0.2) is 5.54 Å². The van der Waals surface area contributed by atoms with Gasteiger partial charge in [0.25, 0.3) is 0 Å². The van der Waals surface area contributed by atoms with Crippen molar-refractivity contribution < 1.29 is 14.3 Å². The number of aliphatic carboxylic acids is 1. The summed E-state index contributed by atoms with van der Waals surface area (Å²) < 4.78 is 15.5. The lowest BCUT2D eigenvalue weighted by molar-refractivity contribution is -0.142. The Balaban J connectivity index is 2.47. The van der Waals surface area contributed by atoms with Crippen LogP contribution in [0.1, 0.15) is 12.5 Å². The molecule has 1 unspecified atom stereocenters. The normalized spacial score (nSPS) is 13.5. The summed E-state index contributed by atoms with van der Waals surface area (Å²) in [5, 5.41) is 12.4. The summed E-state index contributed by atoms with van der Waals surface area (Å²) >= 11 is 6.55. The molecule has 0 radical (unpaired) electrons. The minimum absolute atomic E-state index is 0.0623.